The summed E-state index contributed by atoms with van der Waals surface area (Å²) in [5, 5.41) is 20.6. The van der Waals surface area contributed by atoms with E-state index in [1.54, 1.807) is 4.90 Å². The van der Waals surface area contributed by atoms with Crippen LogP contribution >= 0.6 is 0 Å². The molecule has 0 saturated carbocycles. The van der Waals surface area contributed by atoms with E-state index in [4.69, 9.17) is 4.74 Å². The number of likely N-dealkylation sites (tertiary alicyclic amines) is 1. The summed E-state index contributed by atoms with van der Waals surface area (Å²) < 4.78 is 6.35. The Balaban J connectivity index is 1.92. The number of carbonyl (C=O) groups is 3. The van der Waals surface area contributed by atoms with E-state index in [0.29, 0.717) is 32.4 Å². The van der Waals surface area contributed by atoms with Gasteiger partial charge in [-0.25, -0.2) is 4.79 Å². The van der Waals surface area contributed by atoms with Crippen LogP contribution in [0.5, 0.6) is 11.6 Å². The Labute approximate surface area is 184 Å². The van der Waals surface area contributed by atoms with Crippen molar-refractivity contribution in [1.82, 2.24) is 9.47 Å². The maximum Gasteiger partial charge on any atom is 0.410 e. The molecule has 1 aliphatic heterocycles. The van der Waals surface area contributed by atoms with Crippen LogP contribution < -0.4 is 0 Å². The third-order valence-electron chi connectivity index (χ3n) is 5.49. The molecule has 0 unspecified atom stereocenters. The maximum atomic E-state index is 12.7. The molecule has 8 nitrogen and oxygen atoms in total. The van der Waals surface area contributed by atoms with Gasteiger partial charge in [-0.3, -0.25) is 14.2 Å². The zero-order valence-electron chi connectivity index (χ0n) is 19.1. The van der Waals surface area contributed by atoms with Crippen LogP contribution in [0.3, 0.4) is 0 Å². The van der Waals surface area contributed by atoms with Crippen molar-refractivity contribution in [1.29, 1.82) is 0 Å². The van der Waals surface area contributed by atoms with E-state index in [-0.39, 0.29) is 42.1 Å². The largest absolute Gasteiger partial charge is 0.505 e. The summed E-state index contributed by atoms with van der Waals surface area (Å²) in [6, 6.07) is 0. The van der Waals surface area contributed by atoms with Crippen molar-refractivity contribution >= 4 is 17.8 Å². The third kappa shape index (κ3) is 7.01. The van der Waals surface area contributed by atoms with E-state index in [9.17, 15) is 24.6 Å². The average molecular weight is 437 g/mol. The summed E-state index contributed by atoms with van der Waals surface area (Å²) in [5.74, 6) is -1.58. The van der Waals surface area contributed by atoms with Crippen molar-refractivity contribution in [3.05, 3.63) is 11.8 Å². The molecular weight excluding hydrogens is 400 g/mol. The number of carbonyl (C=O) groups excluding carboxylic acids is 3. The van der Waals surface area contributed by atoms with E-state index >= 15 is 0 Å². The fourth-order valence-corrected chi connectivity index (χ4v) is 3.77. The number of piperidine rings is 1. The molecule has 1 saturated heterocycles. The lowest BCUT2D eigenvalue weighted by molar-refractivity contribution is 0.0183. The molecule has 1 amide bonds. The van der Waals surface area contributed by atoms with Gasteiger partial charge < -0.3 is 19.8 Å². The lowest BCUT2D eigenvalue weighted by Crippen LogP contribution is -2.42. The number of Topliss-reactive ketones (excluding diaryl/α,β-unsaturated/α-hetero) is 1. The minimum Gasteiger partial charge on any atom is -0.505 e. The minimum atomic E-state index is -0.556. The molecule has 2 N–H and O–H groups in total. The van der Waals surface area contributed by atoms with E-state index < -0.39 is 17.3 Å². The SMILES string of the molecule is CCCCCCC(=O)n1cc(O)c(C(=O)CC2CCN(C(=O)OC(C)(C)C)CC2)c1O. The van der Waals surface area contributed by atoms with Gasteiger partial charge in [-0.15, -0.1) is 0 Å². The Morgan fingerprint density at radius 2 is 1.74 bits per heavy atom. The van der Waals surface area contributed by atoms with Gasteiger partial charge in [-0.2, -0.15) is 0 Å². The van der Waals surface area contributed by atoms with Crippen LogP contribution in [0.2, 0.25) is 0 Å². The van der Waals surface area contributed by atoms with Gasteiger partial charge in [-0.1, -0.05) is 26.2 Å². The maximum absolute atomic E-state index is 12.7. The van der Waals surface area contributed by atoms with Gasteiger partial charge in [0.25, 0.3) is 0 Å². The molecule has 174 valence electrons. The number of unbranched alkanes of at least 4 members (excludes halogenated alkanes) is 3. The average Bonchev–Trinajstić information content (AvgIpc) is 2.98. The van der Waals surface area contributed by atoms with Crippen LogP contribution in [0.1, 0.15) is 94.2 Å². The van der Waals surface area contributed by atoms with Crippen molar-refractivity contribution in [2.45, 2.75) is 84.7 Å². The topological polar surface area (TPSA) is 109 Å². The molecule has 1 aromatic heterocycles. The third-order valence-corrected chi connectivity index (χ3v) is 5.49. The standard InChI is InChI=1S/C23H36N2O6/c1-5-6-7-8-9-19(28)25-15-18(27)20(21(25)29)17(26)14-16-10-12-24(13-11-16)22(30)31-23(2,3)4/h15-16,27,29H,5-14H2,1-4H3. The fourth-order valence-electron chi connectivity index (χ4n) is 3.77. The summed E-state index contributed by atoms with van der Waals surface area (Å²) in [4.78, 5) is 38.9. The normalized spacial score (nSPS) is 15.2. The number of hydrogen-bond donors (Lipinski definition) is 2. The highest BCUT2D eigenvalue weighted by Crippen LogP contribution is 2.33. The number of rotatable bonds is 8. The van der Waals surface area contributed by atoms with Gasteiger partial charge in [0, 0.05) is 25.9 Å². The van der Waals surface area contributed by atoms with Gasteiger partial charge in [0.05, 0.1) is 6.20 Å². The predicted molar refractivity (Wildman–Crippen MR) is 117 cm³/mol. The van der Waals surface area contributed by atoms with Crippen molar-refractivity contribution in [3.8, 4) is 11.6 Å². The number of aromatic nitrogens is 1. The Morgan fingerprint density at radius 1 is 1.10 bits per heavy atom. The van der Waals surface area contributed by atoms with Crippen molar-refractivity contribution in [3.63, 3.8) is 0 Å². The van der Waals surface area contributed by atoms with Gasteiger partial charge in [0.15, 0.2) is 5.78 Å². The van der Waals surface area contributed by atoms with Crippen molar-refractivity contribution in [2.75, 3.05) is 13.1 Å². The number of aromatic hydroxyl groups is 2. The highest BCUT2D eigenvalue weighted by Gasteiger charge is 2.30. The quantitative estimate of drug-likeness (QED) is 0.450. The second kappa shape index (κ2) is 10.7. The summed E-state index contributed by atoms with van der Waals surface area (Å²) >= 11 is 0. The molecule has 2 heterocycles. The van der Waals surface area contributed by atoms with Gasteiger partial charge >= 0.3 is 6.09 Å². The molecule has 2 rings (SSSR count). The monoisotopic (exact) mass is 436 g/mol. The summed E-state index contributed by atoms with van der Waals surface area (Å²) in [7, 11) is 0. The van der Waals surface area contributed by atoms with Crippen LogP contribution in [0.4, 0.5) is 4.79 Å². The lowest BCUT2D eigenvalue weighted by Gasteiger charge is -2.33. The van der Waals surface area contributed by atoms with Gasteiger partial charge in [-0.05, 0) is 46.0 Å². The van der Waals surface area contributed by atoms with Crippen LogP contribution in [0.15, 0.2) is 6.20 Å². The van der Waals surface area contributed by atoms with Crippen LogP contribution in [0, 0.1) is 5.92 Å². The lowest BCUT2D eigenvalue weighted by atomic mass is 9.90. The summed E-state index contributed by atoms with van der Waals surface area (Å²) in [5.41, 5.74) is -0.754. The minimum absolute atomic E-state index is 0.0260. The first-order valence-corrected chi connectivity index (χ1v) is 11.2. The van der Waals surface area contributed by atoms with Crippen molar-refractivity contribution < 1.29 is 29.3 Å². The molecule has 1 fully saturated rings. The molecule has 1 aliphatic rings. The number of ketones is 1. The number of amides is 1. The Bertz CT molecular complexity index is 785. The summed E-state index contributed by atoms with van der Waals surface area (Å²) in [6.45, 7) is 8.51. The van der Waals surface area contributed by atoms with E-state index in [0.717, 1.165) is 30.0 Å². The number of ether oxygens (including phenoxy) is 1. The first-order chi connectivity index (χ1) is 14.5. The first kappa shape index (κ1) is 24.8. The number of nitrogens with zero attached hydrogens (tertiary/aromatic N) is 2. The molecule has 0 aromatic carbocycles. The predicted octanol–water partition coefficient (Wildman–Crippen LogP) is 4.73. The van der Waals surface area contributed by atoms with Gasteiger partial charge in [0.1, 0.15) is 16.9 Å². The molecule has 0 bridgehead atoms. The molecule has 0 spiro atoms. The molecule has 0 aliphatic carbocycles. The van der Waals surface area contributed by atoms with Crippen LogP contribution in [-0.4, -0.2) is 56.2 Å². The first-order valence-electron chi connectivity index (χ1n) is 11.2. The second-order valence-electron chi connectivity index (χ2n) is 9.33. The smallest absolute Gasteiger partial charge is 0.410 e. The second-order valence-corrected chi connectivity index (χ2v) is 9.33. The highest BCUT2D eigenvalue weighted by atomic mass is 16.6. The number of hydrogen-bond acceptors (Lipinski definition) is 6. The van der Waals surface area contributed by atoms with Crippen LogP contribution in [-0.2, 0) is 4.74 Å². The molecule has 31 heavy (non-hydrogen) atoms. The zero-order chi connectivity index (χ0) is 23.2. The summed E-state index contributed by atoms with van der Waals surface area (Å²) in [6.07, 6.45) is 6.11. The molecule has 1 aromatic rings. The molecule has 0 atom stereocenters. The molecular formula is C23H36N2O6. The fraction of sp³-hybridized carbons (Fsp3) is 0.696. The van der Waals surface area contributed by atoms with Crippen LogP contribution in [0.25, 0.3) is 0 Å². The van der Waals surface area contributed by atoms with Gasteiger partial charge in [0.2, 0.25) is 11.8 Å². The Morgan fingerprint density at radius 3 is 2.32 bits per heavy atom. The molecule has 8 heteroatoms. The Hall–Kier alpha value is -2.51. The molecule has 0 radical (unpaired) electrons. The Kier molecular flexibility index (Phi) is 8.53. The van der Waals surface area contributed by atoms with E-state index in [2.05, 4.69) is 6.92 Å². The van der Waals surface area contributed by atoms with E-state index in [1.165, 1.54) is 0 Å². The zero-order valence-corrected chi connectivity index (χ0v) is 19.1. The van der Waals surface area contributed by atoms with Crippen molar-refractivity contribution in [2.24, 2.45) is 5.92 Å². The highest BCUT2D eigenvalue weighted by molar-refractivity contribution is 6.02. The van der Waals surface area contributed by atoms with E-state index in [1.807, 2.05) is 20.8 Å².